The fourth-order valence-corrected chi connectivity index (χ4v) is 2.10. The van der Waals surface area contributed by atoms with E-state index in [1.54, 1.807) is 19.1 Å². The van der Waals surface area contributed by atoms with Gasteiger partial charge in [-0.2, -0.15) is 10.2 Å². The number of halogens is 1. The number of hydrogen-bond acceptors (Lipinski definition) is 4. The number of nitrogens with one attached hydrogen (secondary N) is 2. The monoisotopic (exact) mass is 306 g/mol. The van der Waals surface area contributed by atoms with E-state index in [4.69, 9.17) is 11.6 Å². The summed E-state index contributed by atoms with van der Waals surface area (Å²) in [7, 11) is 0. The van der Waals surface area contributed by atoms with Gasteiger partial charge in [-0.15, -0.1) is 0 Å². The van der Waals surface area contributed by atoms with E-state index in [1.807, 2.05) is 12.1 Å². The van der Waals surface area contributed by atoms with Gasteiger partial charge in [-0.3, -0.25) is 9.59 Å². The number of amides is 2. The van der Waals surface area contributed by atoms with Gasteiger partial charge in [0.05, 0.1) is 12.1 Å². The molecule has 0 fully saturated rings. The zero-order chi connectivity index (χ0) is 15.2. The van der Waals surface area contributed by atoms with Crippen molar-refractivity contribution in [3.63, 3.8) is 0 Å². The third kappa shape index (κ3) is 4.13. The lowest BCUT2D eigenvalue weighted by Gasteiger charge is -2.06. The summed E-state index contributed by atoms with van der Waals surface area (Å²) in [5.41, 5.74) is 6.22. The average molecular weight is 307 g/mol. The Labute approximate surface area is 127 Å². The zero-order valence-electron chi connectivity index (χ0n) is 11.5. The first kappa shape index (κ1) is 15.2. The summed E-state index contributed by atoms with van der Waals surface area (Å²) in [5.74, 6) is -0.756. The third-order valence-corrected chi connectivity index (χ3v) is 3.47. The summed E-state index contributed by atoms with van der Waals surface area (Å²) in [6.07, 6.45) is 2.09. The first-order chi connectivity index (χ1) is 10.1. The van der Waals surface area contributed by atoms with Crippen LogP contribution in [0.5, 0.6) is 0 Å². The van der Waals surface area contributed by atoms with E-state index in [0.29, 0.717) is 17.2 Å². The van der Waals surface area contributed by atoms with E-state index in [9.17, 15) is 9.59 Å². The number of carbonyl (C=O) groups is 2. The Hall–Kier alpha value is -2.21. The van der Waals surface area contributed by atoms with E-state index < -0.39 is 0 Å². The van der Waals surface area contributed by atoms with E-state index in [-0.39, 0.29) is 24.2 Å². The van der Waals surface area contributed by atoms with Crippen LogP contribution in [0.1, 0.15) is 25.3 Å². The fraction of sp³-hybridized carbons (Fsp3) is 0.286. The van der Waals surface area contributed by atoms with Crippen LogP contribution in [0.3, 0.4) is 0 Å². The quantitative estimate of drug-likeness (QED) is 0.641. The van der Waals surface area contributed by atoms with E-state index >= 15 is 0 Å². The van der Waals surface area contributed by atoms with Crippen LogP contribution in [0.15, 0.2) is 34.5 Å². The van der Waals surface area contributed by atoms with E-state index in [1.165, 1.54) is 6.21 Å². The van der Waals surface area contributed by atoms with Crippen LogP contribution in [0.2, 0.25) is 5.02 Å². The Bertz CT molecular complexity index is 613. The third-order valence-electron chi connectivity index (χ3n) is 3.12. The number of nitrogens with zero attached hydrogens (tertiary/aromatic N) is 2. The van der Waals surface area contributed by atoms with Crippen LogP contribution < -0.4 is 10.9 Å². The summed E-state index contributed by atoms with van der Waals surface area (Å²) in [5, 5.41) is 8.24. The van der Waals surface area contributed by atoms with Crippen molar-refractivity contribution >= 4 is 35.3 Å². The fourth-order valence-electron chi connectivity index (χ4n) is 1.91. The Kier molecular flexibility index (Phi) is 5.05. The van der Waals surface area contributed by atoms with Gasteiger partial charge in [0.25, 0.3) is 0 Å². The molecule has 7 heteroatoms. The first-order valence-electron chi connectivity index (χ1n) is 6.48. The SMILES string of the molecule is CC1=NNC(=O)[C@@H]1CCC(=O)N/N=C\c1ccccc1Cl. The van der Waals surface area contributed by atoms with Gasteiger partial charge in [0.1, 0.15) is 0 Å². The number of rotatable bonds is 5. The highest BCUT2D eigenvalue weighted by Gasteiger charge is 2.26. The van der Waals surface area contributed by atoms with Gasteiger partial charge < -0.3 is 0 Å². The maximum atomic E-state index is 11.7. The molecule has 0 spiro atoms. The minimum absolute atomic E-state index is 0.167. The topological polar surface area (TPSA) is 82.9 Å². The predicted molar refractivity (Wildman–Crippen MR) is 81.2 cm³/mol. The highest BCUT2D eigenvalue weighted by atomic mass is 35.5. The normalized spacial score (nSPS) is 17.7. The molecule has 0 saturated heterocycles. The van der Waals surface area contributed by atoms with Gasteiger partial charge in [-0.25, -0.2) is 10.9 Å². The van der Waals surface area contributed by atoms with Gasteiger partial charge in [-0.05, 0) is 19.4 Å². The molecule has 0 aliphatic carbocycles. The Balaban J connectivity index is 1.79. The molecule has 6 nitrogen and oxygen atoms in total. The molecule has 21 heavy (non-hydrogen) atoms. The van der Waals surface area contributed by atoms with E-state index in [0.717, 1.165) is 5.56 Å². The smallest absolute Gasteiger partial charge is 0.248 e. The van der Waals surface area contributed by atoms with Crippen molar-refractivity contribution in [2.45, 2.75) is 19.8 Å². The summed E-state index contributed by atoms with van der Waals surface area (Å²) < 4.78 is 0. The lowest BCUT2D eigenvalue weighted by Crippen LogP contribution is -2.25. The van der Waals surface area contributed by atoms with Gasteiger partial charge in [0.2, 0.25) is 11.8 Å². The standard InChI is InChI=1S/C14H15ClN4O2/c1-9-11(14(21)19-17-9)6-7-13(20)18-16-8-10-4-2-3-5-12(10)15/h2-5,8,11H,6-7H2,1H3,(H,18,20)(H,19,21)/b16-8-/t11-/m1/s1. The number of hydrazone groups is 2. The second-order valence-corrected chi connectivity index (χ2v) is 5.04. The molecule has 2 rings (SSSR count). The van der Waals surface area contributed by atoms with Crippen LogP contribution >= 0.6 is 11.6 Å². The molecular formula is C14H15ClN4O2. The molecule has 2 N–H and O–H groups in total. The largest absolute Gasteiger partial charge is 0.273 e. The maximum absolute atomic E-state index is 11.7. The van der Waals surface area contributed by atoms with Crippen LogP contribution in [-0.2, 0) is 9.59 Å². The Morgan fingerprint density at radius 1 is 1.52 bits per heavy atom. The van der Waals surface area contributed by atoms with Crippen molar-refractivity contribution in [2.75, 3.05) is 0 Å². The van der Waals surface area contributed by atoms with Gasteiger partial charge in [0, 0.05) is 22.7 Å². The van der Waals surface area contributed by atoms with Crippen LogP contribution in [0.25, 0.3) is 0 Å². The Morgan fingerprint density at radius 3 is 2.95 bits per heavy atom. The number of carbonyl (C=O) groups excluding carboxylic acids is 2. The molecule has 110 valence electrons. The molecule has 2 amide bonds. The predicted octanol–water partition coefficient (Wildman–Crippen LogP) is 1.69. The number of hydrogen-bond donors (Lipinski definition) is 2. The van der Waals surface area contributed by atoms with Gasteiger partial charge in [-0.1, -0.05) is 29.8 Å². The van der Waals surface area contributed by atoms with Gasteiger partial charge in [0.15, 0.2) is 0 Å². The highest BCUT2D eigenvalue weighted by molar-refractivity contribution is 6.33. The molecule has 0 bridgehead atoms. The van der Waals surface area contributed by atoms with Crippen LogP contribution in [0, 0.1) is 5.92 Å². The Morgan fingerprint density at radius 2 is 2.29 bits per heavy atom. The molecule has 1 aromatic rings. The minimum atomic E-state index is -0.330. The second kappa shape index (κ2) is 6.99. The van der Waals surface area contributed by atoms with Crippen LogP contribution in [0.4, 0.5) is 0 Å². The van der Waals surface area contributed by atoms with Crippen molar-refractivity contribution in [3.05, 3.63) is 34.9 Å². The summed E-state index contributed by atoms with van der Waals surface area (Å²) in [6.45, 7) is 1.76. The summed E-state index contributed by atoms with van der Waals surface area (Å²) in [4.78, 5) is 23.1. The molecule has 1 atom stereocenters. The maximum Gasteiger partial charge on any atom is 0.248 e. The zero-order valence-corrected chi connectivity index (χ0v) is 12.2. The molecule has 1 heterocycles. The molecule has 1 aromatic carbocycles. The van der Waals surface area contributed by atoms with E-state index in [2.05, 4.69) is 21.1 Å². The highest BCUT2D eigenvalue weighted by Crippen LogP contribution is 2.14. The van der Waals surface area contributed by atoms with Crippen molar-refractivity contribution in [2.24, 2.45) is 16.1 Å². The lowest BCUT2D eigenvalue weighted by atomic mass is 9.99. The molecule has 1 aliphatic heterocycles. The molecule has 0 radical (unpaired) electrons. The molecule has 1 aliphatic rings. The van der Waals surface area contributed by atoms with Gasteiger partial charge >= 0.3 is 0 Å². The van der Waals surface area contributed by atoms with Crippen molar-refractivity contribution < 1.29 is 9.59 Å². The molecule has 0 aromatic heterocycles. The van der Waals surface area contributed by atoms with Crippen molar-refractivity contribution in [1.82, 2.24) is 10.9 Å². The molecule has 0 unspecified atom stereocenters. The average Bonchev–Trinajstić information content (AvgIpc) is 2.78. The lowest BCUT2D eigenvalue weighted by molar-refractivity contribution is -0.123. The van der Waals surface area contributed by atoms with Crippen molar-refractivity contribution in [1.29, 1.82) is 0 Å². The first-order valence-corrected chi connectivity index (χ1v) is 6.86. The summed E-state index contributed by atoms with van der Waals surface area (Å²) in [6, 6.07) is 7.18. The second-order valence-electron chi connectivity index (χ2n) is 4.64. The number of benzene rings is 1. The summed E-state index contributed by atoms with van der Waals surface area (Å²) >= 11 is 5.96. The molecular weight excluding hydrogens is 292 g/mol. The minimum Gasteiger partial charge on any atom is -0.273 e. The molecule has 0 saturated carbocycles. The van der Waals surface area contributed by atoms with Crippen molar-refractivity contribution in [3.8, 4) is 0 Å². The van der Waals surface area contributed by atoms with Crippen LogP contribution in [-0.4, -0.2) is 23.7 Å².